The molecule has 0 atom stereocenters. The first-order valence-corrected chi connectivity index (χ1v) is 9.34. The molecule has 1 fully saturated rings. The van der Waals surface area contributed by atoms with Gasteiger partial charge in [-0.3, -0.25) is 14.6 Å². The molecular weight excluding hydrogens is 322 g/mol. The number of aliphatic hydroxyl groups excluding tert-OH is 1. The van der Waals surface area contributed by atoms with E-state index in [2.05, 4.69) is 16.8 Å². The zero-order valence-corrected chi connectivity index (χ0v) is 15.2. The van der Waals surface area contributed by atoms with Gasteiger partial charge >= 0.3 is 0 Å². The van der Waals surface area contributed by atoms with Crippen LogP contribution in [0.2, 0.25) is 0 Å². The van der Waals surface area contributed by atoms with Gasteiger partial charge in [0.05, 0.1) is 16.8 Å². The molecule has 0 spiro atoms. The summed E-state index contributed by atoms with van der Waals surface area (Å²) in [6.45, 7) is 4.54. The van der Waals surface area contributed by atoms with Gasteiger partial charge in [-0.05, 0) is 49.9 Å². The molecule has 2 aromatic rings. The van der Waals surface area contributed by atoms with E-state index in [1.54, 1.807) is 23.3 Å². The first kappa shape index (κ1) is 17.3. The molecule has 0 bridgehead atoms. The van der Waals surface area contributed by atoms with Crippen molar-refractivity contribution in [2.45, 2.75) is 26.2 Å². The summed E-state index contributed by atoms with van der Waals surface area (Å²) in [5, 5.41) is 10.4. The van der Waals surface area contributed by atoms with Crippen LogP contribution in [-0.4, -0.2) is 54.2 Å². The number of hydrogen-bond donors (Lipinski definition) is 1. The fourth-order valence-electron chi connectivity index (χ4n) is 3.22. The summed E-state index contributed by atoms with van der Waals surface area (Å²) in [6, 6.07) is 7.94. The molecule has 0 unspecified atom stereocenters. The minimum atomic E-state index is 0.0540. The summed E-state index contributed by atoms with van der Waals surface area (Å²) in [5.74, 6) is 0.0713. The molecule has 24 heavy (non-hydrogen) atoms. The summed E-state index contributed by atoms with van der Waals surface area (Å²) in [6.07, 6.45) is 2.91. The van der Waals surface area contributed by atoms with Crippen LogP contribution in [0.3, 0.4) is 0 Å². The minimum Gasteiger partial charge on any atom is -0.396 e. The molecule has 0 saturated carbocycles. The summed E-state index contributed by atoms with van der Waals surface area (Å²) < 4.78 is 1.10. The number of fused-ring (bicyclic) bond motifs is 1. The third-order valence-electron chi connectivity index (χ3n) is 5.30. The number of benzene rings is 1. The fraction of sp³-hybridized carbons (Fsp3) is 0.556. The Balaban J connectivity index is 1.61. The number of likely N-dealkylation sites (tertiary alicyclic amines) is 1. The molecule has 6 heteroatoms. The number of rotatable bonds is 5. The molecule has 2 heterocycles. The second kappa shape index (κ2) is 7.17. The van der Waals surface area contributed by atoms with Crippen molar-refractivity contribution in [3.05, 3.63) is 24.3 Å². The van der Waals surface area contributed by atoms with Gasteiger partial charge in [-0.25, -0.2) is 4.98 Å². The van der Waals surface area contributed by atoms with Crippen LogP contribution in [0.15, 0.2) is 24.3 Å². The fourth-order valence-corrected chi connectivity index (χ4v) is 4.16. The van der Waals surface area contributed by atoms with E-state index >= 15 is 0 Å². The second-order valence-electron chi connectivity index (χ2n) is 6.70. The number of amides is 1. The Hall–Kier alpha value is -1.50. The number of carbonyl (C=O) groups is 1. The number of thiazole rings is 1. The standard InChI is InChI=1S/C18H25N3O2S/c1-3-18(13-22)8-10-21(11-9-18)12-16(23)20(2)17-19-14-6-4-5-7-15(14)24-17/h4-7,22H,3,8-13H2,1-2H3. The second-order valence-corrected chi connectivity index (χ2v) is 7.71. The Morgan fingerprint density at radius 2 is 2.08 bits per heavy atom. The predicted molar refractivity (Wildman–Crippen MR) is 98.5 cm³/mol. The molecule has 1 saturated heterocycles. The lowest BCUT2D eigenvalue weighted by Gasteiger charge is -2.40. The summed E-state index contributed by atoms with van der Waals surface area (Å²) in [5.41, 5.74) is 0.990. The van der Waals surface area contributed by atoms with E-state index in [4.69, 9.17) is 0 Å². The first-order valence-electron chi connectivity index (χ1n) is 8.52. The first-order chi connectivity index (χ1) is 11.6. The lowest BCUT2D eigenvalue weighted by Crippen LogP contribution is -2.46. The van der Waals surface area contributed by atoms with Crippen LogP contribution < -0.4 is 4.90 Å². The van der Waals surface area contributed by atoms with Gasteiger partial charge in [-0.2, -0.15) is 0 Å². The van der Waals surface area contributed by atoms with Gasteiger partial charge in [-0.1, -0.05) is 30.4 Å². The average molecular weight is 347 g/mol. The lowest BCUT2D eigenvalue weighted by molar-refractivity contribution is -0.120. The highest BCUT2D eigenvalue weighted by Crippen LogP contribution is 2.34. The lowest BCUT2D eigenvalue weighted by atomic mass is 9.77. The highest BCUT2D eigenvalue weighted by molar-refractivity contribution is 7.22. The number of anilines is 1. The Morgan fingerprint density at radius 1 is 1.38 bits per heavy atom. The molecule has 0 aliphatic carbocycles. The van der Waals surface area contributed by atoms with Gasteiger partial charge in [0, 0.05) is 13.7 Å². The number of nitrogens with zero attached hydrogens (tertiary/aromatic N) is 3. The van der Waals surface area contributed by atoms with Gasteiger partial charge in [0.15, 0.2) is 5.13 Å². The van der Waals surface area contributed by atoms with Gasteiger partial charge < -0.3 is 5.11 Å². The van der Waals surface area contributed by atoms with Crippen LogP contribution in [0.4, 0.5) is 5.13 Å². The maximum absolute atomic E-state index is 12.6. The third-order valence-corrected chi connectivity index (χ3v) is 6.42. The molecular formula is C18H25N3O2S. The van der Waals surface area contributed by atoms with E-state index < -0.39 is 0 Å². The van der Waals surface area contributed by atoms with E-state index in [-0.39, 0.29) is 17.9 Å². The van der Waals surface area contributed by atoms with Crippen molar-refractivity contribution in [1.82, 2.24) is 9.88 Å². The molecule has 1 aromatic carbocycles. The van der Waals surface area contributed by atoms with Gasteiger partial charge in [0.1, 0.15) is 0 Å². The number of aliphatic hydroxyl groups is 1. The van der Waals surface area contributed by atoms with Crippen LogP contribution in [0, 0.1) is 5.41 Å². The van der Waals surface area contributed by atoms with Crippen LogP contribution in [-0.2, 0) is 4.79 Å². The Labute approximate surface area is 146 Å². The maximum Gasteiger partial charge on any atom is 0.242 e. The van der Waals surface area contributed by atoms with E-state index in [1.807, 2.05) is 24.3 Å². The van der Waals surface area contributed by atoms with Crippen molar-refractivity contribution in [2.75, 3.05) is 38.2 Å². The number of para-hydroxylation sites is 1. The summed E-state index contributed by atoms with van der Waals surface area (Å²) in [4.78, 5) is 21.0. The normalized spacial score (nSPS) is 18.0. The minimum absolute atomic E-state index is 0.0540. The average Bonchev–Trinajstić information content (AvgIpc) is 3.06. The van der Waals surface area contributed by atoms with Crippen LogP contribution in [0.25, 0.3) is 10.2 Å². The summed E-state index contributed by atoms with van der Waals surface area (Å²) in [7, 11) is 1.80. The van der Waals surface area contributed by atoms with Crippen LogP contribution >= 0.6 is 11.3 Å². The number of hydrogen-bond acceptors (Lipinski definition) is 5. The van der Waals surface area contributed by atoms with Crippen molar-refractivity contribution >= 4 is 32.6 Å². The number of likely N-dealkylation sites (N-methyl/N-ethyl adjacent to an activating group) is 1. The molecule has 5 nitrogen and oxygen atoms in total. The van der Waals surface area contributed by atoms with Gasteiger partial charge in [0.25, 0.3) is 0 Å². The zero-order chi connectivity index (χ0) is 17.2. The van der Waals surface area contributed by atoms with Gasteiger partial charge in [0.2, 0.25) is 5.91 Å². The van der Waals surface area contributed by atoms with E-state index in [0.29, 0.717) is 6.54 Å². The molecule has 1 aliphatic heterocycles. The Morgan fingerprint density at radius 3 is 2.71 bits per heavy atom. The molecule has 130 valence electrons. The highest BCUT2D eigenvalue weighted by Gasteiger charge is 2.33. The van der Waals surface area contributed by atoms with Gasteiger partial charge in [-0.15, -0.1) is 0 Å². The van der Waals surface area contributed by atoms with Crippen molar-refractivity contribution in [1.29, 1.82) is 0 Å². The van der Waals surface area contributed by atoms with Crippen molar-refractivity contribution < 1.29 is 9.90 Å². The topological polar surface area (TPSA) is 56.7 Å². The molecule has 0 radical (unpaired) electrons. The van der Waals surface area contributed by atoms with Crippen molar-refractivity contribution in [2.24, 2.45) is 5.41 Å². The largest absolute Gasteiger partial charge is 0.396 e. The Kier molecular flexibility index (Phi) is 5.18. The highest BCUT2D eigenvalue weighted by atomic mass is 32.1. The summed E-state index contributed by atoms with van der Waals surface area (Å²) >= 11 is 1.55. The quantitative estimate of drug-likeness (QED) is 0.903. The monoisotopic (exact) mass is 347 g/mol. The predicted octanol–water partition coefficient (Wildman–Crippen LogP) is 2.74. The van der Waals surface area contributed by atoms with Crippen molar-refractivity contribution in [3.8, 4) is 0 Å². The maximum atomic E-state index is 12.6. The van der Waals surface area contributed by atoms with E-state index in [0.717, 1.165) is 47.7 Å². The molecule has 1 aromatic heterocycles. The SMILES string of the molecule is CCC1(CO)CCN(CC(=O)N(C)c2nc3ccccc3s2)CC1. The molecule has 1 aliphatic rings. The number of carbonyl (C=O) groups excluding carboxylic acids is 1. The molecule has 1 N–H and O–H groups in total. The number of piperidine rings is 1. The third kappa shape index (κ3) is 3.45. The smallest absolute Gasteiger partial charge is 0.242 e. The Bertz CT molecular complexity index is 668. The molecule has 1 amide bonds. The van der Waals surface area contributed by atoms with E-state index in [1.165, 1.54) is 0 Å². The number of aromatic nitrogens is 1. The van der Waals surface area contributed by atoms with Crippen LogP contribution in [0.1, 0.15) is 26.2 Å². The zero-order valence-electron chi connectivity index (χ0n) is 14.4. The van der Waals surface area contributed by atoms with Crippen molar-refractivity contribution in [3.63, 3.8) is 0 Å². The van der Waals surface area contributed by atoms with E-state index in [9.17, 15) is 9.90 Å². The molecule has 3 rings (SSSR count). The van der Waals surface area contributed by atoms with Crippen LogP contribution in [0.5, 0.6) is 0 Å².